The van der Waals surface area contributed by atoms with E-state index in [2.05, 4.69) is 13.8 Å². The van der Waals surface area contributed by atoms with Gasteiger partial charge in [0.1, 0.15) is 0 Å². The van der Waals surface area contributed by atoms with Gasteiger partial charge < -0.3 is 6.92 Å². The number of hydrogen-bond acceptors (Lipinski definition) is 0. The normalized spacial score (nSPS) is 6.00. The average molecular weight is 148 g/mol. The van der Waals surface area contributed by atoms with E-state index in [1.165, 1.54) is 6.42 Å². The van der Waals surface area contributed by atoms with Crippen LogP contribution >= 0.6 is 0 Å². The maximum atomic E-state index is 3.60. The first-order valence-electron chi connectivity index (χ1n) is 1.71. The molecule has 0 aliphatic heterocycles. The SMILES string of the molecule is [CH2-]CCC.[Zr+4]. The Labute approximate surface area is 53.1 Å². The minimum atomic E-state index is 0. The molecule has 0 N–H and O–H groups in total. The van der Waals surface area contributed by atoms with Crippen LogP contribution in [0.2, 0.25) is 0 Å². The fourth-order valence-electron chi connectivity index (χ4n) is 0. The predicted octanol–water partition coefficient (Wildman–Crippen LogP) is 1.62. The van der Waals surface area contributed by atoms with E-state index in [1.54, 1.807) is 0 Å². The van der Waals surface area contributed by atoms with Gasteiger partial charge in [0.15, 0.2) is 0 Å². The second kappa shape index (κ2) is 8.86. The molecular weight excluding hydrogens is 139 g/mol. The molecule has 0 unspecified atom stereocenters. The standard InChI is InChI=1S/C4H9.Zr/c1-3-4-2;/h1,3-4H2,2H3;/q-1;+4. The summed E-state index contributed by atoms with van der Waals surface area (Å²) in [5.74, 6) is 0. The van der Waals surface area contributed by atoms with Gasteiger partial charge in [0.25, 0.3) is 0 Å². The predicted molar refractivity (Wildman–Crippen MR) is 20.3 cm³/mol. The summed E-state index contributed by atoms with van der Waals surface area (Å²) in [6.07, 6.45) is 2.28. The van der Waals surface area contributed by atoms with Gasteiger partial charge in [-0.05, 0) is 0 Å². The third-order valence-corrected chi connectivity index (χ3v) is 0.354. The van der Waals surface area contributed by atoms with Gasteiger partial charge in [-0.15, -0.1) is 0 Å². The van der Waals surface area contributed by atoms with Crippen LogP contribution in [0, 0.1) is 6.92 Å². The summed E-state index contributed by atoms with van der Waals surface area (Å²) in [4.78, 5) is 0. The van der Waals surface area contributed by atoms with Crippen molar-refractivity contribution in [3.05, 3.63) is 6.92 Å². The van der Waals surface area contributed by atoms with E-state index >= 15 is 0 Å². The van der Waals surface area contributed by atoms with Crippen molar-refractivity contribution in [2.24, 2.45) is 0 Å². The van der Waals surface area contributed by atoms with Crippen molar-refractivity contribution < 1.29 is 26.2 Å². The molecule has 0 bridgehead atoms. The summed E-state index contributed by atoms with van der Waals surface area (Å²) in [5.41, 5.74) is 0. The van der Waals surface area contributed by atoms with Crippen molar-refractivity contribution >= 4 is 0 Å². The Morgan fingerprint density at radius 1 is 1.60 bits per heavy atom. The molecule has 0 fully saturated rings. The Balaban J connectivity index is 0. The van der Waals surface area contributed by atoms with Crippen LogP contribution in [-0.4, -0.2) is 0 Å². The maximum Gasteiger partial charge on any atom is 4.00 e. The zero-order valence-electron chi connectivity index (χ0n) is 3.62. The quantitative estimate of drug-likeness (QED) is 0.496. The van der Waals surface area contributed by atoms with Crippen LogP contribution in [0.15, 0.2) is 0 Å². The molecule has 0 aliphatic rings. The molecule has 0 atom stereocenters. The van der Waals surface area contributed by atoms with Gasteiger partial charge in [0.2, 0.25) is 0 Å². The van der Waals surface area contributed by atoms with Gasteiger partial charge >= 0.3 is 26.2 Å². The summed E-state index contributed by atoms with van der Waals surface area (Å²) >= 11 is 0. The molecule has 5 heavy (non-hydrogen) atoms. The Morgan fingerprint density at radius 3 is 1.80 bits per heavy atom. The molecule has 0 aromatic heterocycles. The van der Waals surface area contributed by atoms with Crippen LogP contribution in [0.1, 0.15) is 19.8 Å². The van der Waals surface area contributed by atoms with Gasteiger partial charge in [-0.3, -0.25) is 0 Å². The molecule has 0 nitrogen and oxygen atoms in total. The van der Waals surface area contributed by atoms with Crippen LogP contribution < -0.4 is 0 Å². The fourth-order valence-corrected chi connectivity index (χ4v) is 0. The molecule has 0 rings (SSSR count). The smallest absolute Gasteiger partial charge is 0.343 e. The van der Waals surface area contributed by atoms with E-state index in [-0.39, 0.29) is 26.2 Å². The summed E-state index contributed by atoms with van der Waals surface area (Å²) < 4.78 is 0. The molecular formula is C4H9Zr+3. The zero-order chi connectivity index (χ0) is 3.41. The summed E-state index contributed by atoms with van der Waals surface area (Å²) in [6.45, 7) is 5.72. The molecule has 1 heteroatoms. The van der Waals surface area contributed by atoms with Crippen molar-refractivity contribution in [1.82, 2.24) is 0 Å². The number of rotatable bonds is 1. The molecule has 0 spiro atoms. The van der Waals surface area contributed by atoms with Crippen molar-refractivity contribution in [1.29, 1.82) is 0 Å². The van der Waals surface area contributed by atoms with E-state index in [0.717, 1.165) is 6.42 Å². The van der Waals surface area contributed by atoms with Crippen LogP contribution in [0.25, 0.3) is 0 Å². The van der Waals surface area contributed by atoms with E-state index < -0.39 is 0 Å². The monoisotopic (exact) mass is 147 g/mol. The Morgan fingerprint density at radius 2 is 1.80 bits per heavy atom. The van der Waals surface area contributed by atoms with E-state index in [0.29, 0.717) is 0 Å². The van der Waals surface area contributed by atoms with E-state index in [4.69, 9.17) is 0 Å². The fraction of sp³-hybridized carbons (Fsp3) is 0.750. The van der Waals surface area contributed by atoms with E-state index in [9.17, 15) is 0 Å². The van der Waals surface area contributed by atoms with Gasteiger partial charge in [-0.25, -0.2) is 0 Å². The Hall–Kier alpha value is 0.883. The molecule has 0 radical (unpaired) electrons. The van der Waals surface area contributed by atoms with Crippen molar-refractivity contribution in [2.75, 3.05) is 0 Å². The third-order valence-electron chi connectivity index (χ3n) is 0.354. The molecule has 0 heterocycles. The molecule has 0 saturated carbocycles. The van der Waals surface area contributed by atoms with Crippen LogP contribution in [-0.2, 0) is 26.2 Å². The first-order valence-corrected chi connectivity index (χ1v) is 1.71. The topological polar surface area (TPSA) is 0 Å². The maximum absolute atomic E-state index is 3.60. The summed E-state index contributed by atoms with van der Waals surface area (Å²) in [5, 5.41) is 0. The van der Waals surface area contributed by atoms with E-state index in [1.807, 2.05) is 0 Å². The third kappa shape index (κ3) is 11.4. The second-order valence-corrected chi connectivity index (χ2v) is 0.854. The Bertz CT molecular complexity index is 5.61. The summed E-state index contributed by atoms with van der Waals surface area (Å²) in [7, 11) is 0. The van der Waals surface area contributed by atoms with Crippen molar-refractivity contribution in [3.63, 3.8) is 0 Å². The van der Waals surface area contributed by atoms with Gasteiger partial charge in [0.05, 0.1) is 0 Å². The van der Waals surface area contributed by atoms with Crippen LogP contribution in [0.4, 0.5) is 0 Å². The first-order chi connectivity index (χ1) is 1.91. The molecule has 0 amide bonds. The molecule has 26 valence electrons. The second-order valence-electron chi connectivity index (χ2n) is 0.854. The molecule has 0 aromatic carbocycles. The minimum absolute atomic E-state index is 0. The molecule has 0 aromatic rings. The summed E-state index contributed by atoms with van der Waals surface area (Å²) in [6, 6.07) is 0. The van der Waals surface area contributed by atoms with Crippen LogP contribution in [0.3, 0.4) is 0 Å². The van der Waals surface area contributed by atoms with Gasteiger partial charge in [0, 0.05) is 0 Å². The number of hydrogen-bond donors (Lipinski definition) is 0. The Kier molecular flexibility index (Phi) is 16.5. The largest absolute Gasteiger partial charge is 4.00 e. The van der Waals surface area contributed by atoms with Gasteiger partial charge in [-0.2, -0.15) is 6.42 Å². The van der Waals surface area contributed by atoms with Crippen LogP contribution in [0.5, 0.6) is 0 Å². The first kappa shape index (κ1) is 9.30. The molecule has 0 saturated heterocycles. The van der Waals surface area contributed by atoms with Crippen molar-refractivity contribution in [3.8, 4) is 0 Å². The van der Waals surface area contributed by atoms with Crippen molar-refractivity contribution in [2.45, 2.75) is 19.8 Å². The molecule has 0 aliphatic carbocycles. The minimum Gasteiger partial charge on any atom is -0.343 e. The van der Waals surface area contributed by atoms with Gasteiger partial charge in [-0.1, -0.05) is 13.3 Å². The zero-order valence-corrected chi connectivity index (χ0v) is 6.08. The number of unbranched alkanes of at least 4 members (excludes halogenated alkanes) is 1. The average Bonchev–Trinajstić information content (AvgIpc) is 1.37.